The minimum absolute atomic E-state index is 0. The molecule has 0 bridgehead atoms. The summed E-state index contributed by atoms with van der Waals surface area (Å²) < 4.78 is 26.6. The molecule has 3 N–H and O–H groups in total. The van der Waals surface area contributed by atoms with Crippen LogP contribution in [-0.2, 0) is 6.42 Å². The molecule has 1 aliphatic heterocycles. The van der Waals surface area contributed by atoms with Gasteiger partial charge in [-0.05, 0) is 48.6 Å². The van der Waals surface area contributed by atoms with Gasteiger partial charge < -0.3 is 20.9 Å². The molecule has 0 spiro atoms. The summed E-state index contributed by atoms with van der Waals surface area (Å²) in [6.45, 7) is 3.01. The van der Waals surface area contributed by atoms with E-state index in [1.807, 2.05) is 18.2 Å². The molecule has 32 heavy (non-hydrogen) atoms. The van der Waals surface area contributed by atoms with Gasteiger partial charge in [-0.1, -0.05) is 12.1 Å². The van der Waals surface area contributed by atoms with Crippen molar-refractivity contribution in [2.24, 2.45) is 10.9 Å². The zero-order valence-corrected chi connectivity index (χ0v) is 20.7. The fourth-order valence-corrected chi connectivity index (χ4v) is 3.71. The van der Waals surface area contributed by atoms with Gasteiger partial charge in [-0.3, -0.25) is 9.79 Å². The lowest BCUT2D eigenvalue weighted by Crippen LogP contribution is -2.41. The summed E-state index contributed by atoms with van der Waals surface area (Å²) in [5.41, 5.74) is 2.43. The average Bonchev–Trinajstić information content (AvgIpc) is 3.26. The Morgan fingerprint density at radius 2 is 1.97 bits per heavy atom. The number of nitrogens with one attached hydrogen (secondary N) is 3. The fourth-order valence-electron chi connectivity index (χ4n) is 3.71. The average molecular weight is 557 g/mol. The summed E-state index contributed by atoms with van der Waals surface area (Å²) in [4.78, 5) is 18.1. The molecule has 1 saturated heterocycles. The van der Waals surface area contributed by atoms with Gasteiger partial charge in [0.1, 0.15) is 0 Å². The van der Waals surface area contributed by atoms with Crippen molar-refractivity contribution in [1.29, 1.82) is 0 Å². The molecule has 1 amide bonds. The first-order valence-electron chi connectivity index (χ1n) is 10.5. The smallest absolute Gasteiger partial charge is 0.251 e. The van der Waals surface area contributed by atoms with E-state index in [9.17, 15) is 13.6 Å². The SMILES string of the molecule is CN=C(NCCc1cccc(C(=O)NC)c1)NCC1CCN(c2ccc(F)c(F)c2)C1.I. The Hall–Kier alpha value is -2.43. The van der Waals surface area contributed by atoms with E-state index in [0.717, 1.165) is 38.0 Å². The molecule has 2 aromatic carbocycles. The van der Waals surface area contributed by atoms with Crippen LogP contribution in [0.3, 0.4) is 0 Å². The molecule has 9 heteroatoms. The third-order valence-electron chi connectivity index (χ3n) is 5.46. The van der Waals surface area contributed by atoms with E-state index in [1.165, 1.54) is 12.1 Å². The molecule has 2 aromatic rings. The predicted octanol–water partition coefficient (Wildman–Crippen LogP) is 3.18. The van der Waals surface area contributed by atoms with Gasteiger partial charge in [0.25, 0.3) is 5.91 Å². The zero-order valence-electron chi connectivity index (χ0n) is 18.3. The number of guanidine groups is 1. The van der Waals surface area contributed by atoms with E-state index in [0.29, 0.717) is 29.7 Å². The minimum atomic E-state index is -0.823. The predicted molar refractivity (Wildman–Crippen MR) is 135 cm³/mol. The Labute approximate surface area is 204 Å². The molecule has 3 rings (SSSR count). The molecule has 6 nitrogen and oxygen atoms in total. The summed E-state index contributed by atoms with van der Waals surface area (Å²) in [6, 6.07) is 11.6. The van der Waals surface area contributed by atoms with Gasteiger partial charge in [-0.15, -0.1) is 24.0 Å². The number of hydrogen-bond donors (Lipinski definition) is 3. The zero-order chi connectivity index (χ0) is 22.2. The van der Waals surface area contributed by atoms with Crippen LogP contribution in [0.25, 0.3) is 0 Å². The molecular formula is C23H30F2IN5O. The number of hydrogen-bond acceptors (Lipinski definition) is 3. The van der Waals surface area contributed by atoms with Crippen LogP contribution >= 0.6 is 24.0 Å². The van der Waals surface area contributed by atoms with Crippen molar-refractivity contribution in [2.45, 2.75) is 12.8 Å². The molecule has 1 aliphatic rings. The summed E-state index contributed by atoms with van der Waals surface area (Å²) in [7, 11) is 3.34. The summed E-state index contributed by atoms with van der Waals surface area (Å²) in [5.74, 6) is -0.633. The third kappa shape index (κ3) is 7.04. The molecule has 0 aliphatic carbocycles. The van der Waals surface area contributed by atoms with Crippen LogP contribution < -0.4 is 20.9 Å². The Bertz CT molecular complexity index is 940. The number of nitrogens with zero attached hydrogens (tertiary/aromatic N) is 2. The Balaban J connectivity index is 0.00000363. The van der Waals surface area contributed by atoms with Crippen molar-refractivity contribution in [3.63, 3.8) is 0 Å². The second-order valence-corrected chi connectivity index (χ2v) is 7.61. The first kappa shape index (κ1) is 25.8. The van der Waals surface area contributed by atoms with Gasteiger partial charge in [-0.25, -0.2) is 8.78 Å². The molecule has 1 atom stereocenters. The lowest BCUT2D eigenvalue weighted by Gasteiger charge is -2.19. The number of rotatable bonds is 7. The molecule has 0 radical (unpaired) electrons. The molecule has 0 aromatic heterocycles. The molecule has 0 saturated carbocycles. The van der Waals surface area contributed by atoms with Crippen molar-refractivity contribution in [1.82, 2.24) is 16.0 Å². The van der Waals surface area contributed by atoms with Crippen molar-refractivity contribution < 1.29 is 13.6 Å². The maximum absolute atomic E-state index is 13.5. The Morgan fingerprint density at radius 3 is 2.69 bits per heavy atom. The van der Waals surface area contributed by atoms with Crippen molar-refractivity contribution >= 4 is 41.5 Å². The van der Waals surface area contributed by atoms with E-state index in [2.05, 4.69) is 25.8 Å². The second-order valence-electron chi connectivity index (χ2n) is 7.61. The van der Waals surface area contributed by atoms with Crippen LogP contribution in [0, 0.1) is 17.6 Å². The third-order valence-corrected chi connectivity index (χ3v) is 5.46. The van der Waals surface area contributed by atoms with Crippen LogP contribution in [0.1, 0.15) is 22.3 Å². The normalized spacial score (nSPS) is 15.8. The Morgan fingerprint density at radius 1 is 1.16 bits per heavy atom. The molecule has 1 fully saturated rings. The topological polar surface area (TPSA) is 68.8 Å². The van der Waals surface area contributed by atoms with Crippen molar-refractivity contribution in [3.8, 4) is 0 Å². The van der Waals surface area contributed by atoms with E-state index >= 15 is 0 Å². The van der Waals surface area contributed by atoms with Crippen LogP contribution in [-0.4, -0.2) is 52.1 Å². The number of benzene rings is 2. The highest BCUT2D eigenvalue weighted by molar-refractivity contribution is 14.0. The van der Waals surface area contributed by atoms with Crippen LogP contribution in [0.2, 0.25) is 0 Å². The number of halogens is 3. The first-order chi connectivity index (χ1) is 15.0. The molecular weight excluding hydrogens is 527 g/mol. The number of aliphatic imine (C=N–C) groups is 1. The lowest BCUT2D eigenvalue weighted by molar-refractivity contribution is 0.0963. The number of carbonyl (C=O) groups excluding carboxylic acids is 1. The fraction of sp³-hybridized carbons (Fsp3) is 0.391. The van der Waals surface area contributed by atoms with Crippen molar-refractivity contribution in [3.05, 3.63) is 65.2 Å². The highest BCUT2D eigenvalue weighted by Crippen LogP contribution is 2.25. The number of carbonyl (C=O) groups is 1. The lowest BCUT2D eigenvalue weighted by atomic mass is 10.1. The summed E-state index contributed by atoms with van der Waals surface area (Å²) in [5, 5.41) is 9.27. The highest BCUT2D eigenvalue weighted by atomic mass is 127. The Kier molecular flexibility index (Phi) is 10.1. The van der Waals surface area contributed by atoms with Crippen LogP contribution in [0.5, 0.6) is 0 Å². The van der Waals surface area contributed by atoms with Gasteiger partial charge in [0.05, 0.1) is 0 Å². The first-order valence-corrected chi connectivity index (χ1v) is 10.5. The minimum Gasteiger partial charge on any atom is -0.371 e. The van der Waals surface area contributed by atoms with Crippen LogP contribution in [0.15, 0.2) is 47.5 Å². The highest BCUT2D eigenvalue weighted by Gasteiger charge is 2.23. The summed E-state index contributed by atoms with van der Waals surface area (Å²) >= 11 is 0. The molecule has 1 heterocycles. The standard InChI is InChI=1S/C23H29F2N5O.HI/c1-26-22(31)18-5-3-4-16(12-18)8-10-28-23(27-2)29-14-17-9-11-30(15-17)19-6-7-20(24)21(25)13-19;/h3-7,12-13,17H,8-11,14-15H2,1-2H3,(H,26,31)(H2,27,28,29);1H. The largest absolute Gasteiger partial charge is 0.371 e. The second kappa shape index (κ2) is 12.6. The van der Waals surface area contributed by atoms with E-state index in [4.69, 9.17) is 0 Å². The molecule has 1 unspecified atom stereocenters. The van der Waals surface area contributed by atoms with Gasteiger partial charge in [0.15, 0.2) is 17.6 Å². The monoisotopic (exact) mass is 557 g/mol. The maximum atomic E-state index is 13.5. The van der Waals surface area contributed by atoms with Gasteiger partial charge in [0.2, 0.25) is 0 Å². The van der Waals surface area contributed by atoms with Crippen molar-refractivity contribution in [2.75, 3.05) is 45.2 Å². The van der Waals surface area contributed by atoms with E-state index in [-0.39, 0.29) is 29.9 Å². The quantitative estimate of drug-likeness (QED) is 0.278. The summed E-state index contributed by atoms with van der Waals surface area (Å²) in [6.07, 6.45) is 1.73. The molecule has 174 valence electrons. The van der Waals surface area contributed by atoms with E-state index in [1.54, 1.807) is 26.2 Å². The maximum Gasteiger partial charge on any atom is 0.251 e. The number of amides is 1. The van der Waals surface area contributed by atoms with Gasteiger partial charge in [-0.2, -0.15) is 0 Å². The van der Waals surface area contributed by atoms with Gasteiger partial charge in [0, 0.05) is 57.6 Å². The van der Waals surface area contributed by atoms with Crippen LogP contribution in [0.4, 0.5) is 14.5 Å². The van der Waals surface area contributed by atoms with Gasteiger partial charge >= 0.3 is 0 Å². The number of anilines is 1. The van der Waals surface area contributed by atoms with E-state index < -0.39 is 11.6 Å².